The minimum atomic E-state index is 0.163. The number of nitrogens with one attached hydrogen (secondary N) is 1. The summed E-state index contributed by atoms with van der Waals surface area (Å²) in [5.74, 6) is 1.39. The standard InChI is InChI=1S/C16H22ClNO3/c1-4-19-14-7-13(16(14,2)3)18-8-10-5-11(17)15-12(6-10)20-9-21-15/h5-6,13-14,18H,4,7-9H2,1-3H3. The summed E-state index contributed by atoms with van der Waals surface area (Å²) in [4.78, 5) is 0. The highest BCUT2D eigenvalue weighted by molar-refractivity contribution is 6.32. The van der Waals surface area contributed by atoms with E-state index in [1.807, 2.05) is 19.1 Å². The van der Waals surface area contributed by atoms with E-state index in [-0.39, 0.29) is 12.2 Å². The molecule has 1 aliphatic carbocycles. The molecule has 3 rings (SSSR count). The average Bonchev–Trinajstić information content (AvgIpc) is 2.91. The second-order valence-electron chi connectivity index (χ2n) is 6.25. The molecule has 0 radical (unpaired) electrons. The predicted octanol–water partition coefficient (Wildman–Crippen LogP) is 3.36. The summed E-state index contributed by atoms with van der Waals surface area (Å²) in [6.45, 7) is 8.34. The molecule has 2 unspecified atom stereocenters. The molecule has 0 aromatic heterocycles. The number of halogens is 1. The van der Waals surface area contributed by atoms with Crippen molar-refractivity contribution in [1.82, 2.24) is 5.32 Å². The van der Waals surface area contributed by atoms with Gasteiger partial charge in [0.05, 0.1) is 11.1 Å². The highest BCUT2D eigenvalue weighted by Gasteiger charge is 2.48. The Morgan fingerprint density at radius 2 is 2.19 bits per heavy atom. The molecule has 5 heteroatoms. The van der Waals surface area contributed by atoms with E-state index in [0.29, 0.717) is 22.9 Å². The van der Waals surface area contributed by atoms with E-state index >= 15 is 0 Å². The first-order valence-electron chi connectivity index (χ1n) is 7.45. The van der Waals surface area contributed by atoms with Crippen molar-refractivity contribution in [3.8, 4) is 11.5 Å². The molecule has 1 aromatic carbocycles. The van der Waals surface area contributed by atoms with Gasteiger partial charge < -0.3 is 19.5 Å². The molecule has 4 nitrogen and oxygen atoms in total. The summed E-state index contributed by atoms with van der Waals surface area (Å²) in [5, 5.41) is 4.21. The van der Waals surface area contributed by atoms with Gasteiger partial charge in [-0.15, -0.1) is 0 Å². The van der Waals surface area contributed by atoms with Gasteiger partial charge in [-0.25, -0.2) is 0 Å². The van der Waals surface area contributed by atoms with Crippen LogP contribution in [0.3, 0.4) is 0 Å². The van der Waals surface area contributed by atoms with Crippen LogP contribution in [-0.4, -0.2) is 25.5 Å². The summed E-state index contributed by atoms with van der Waals surface area (Å²) in [7, 11) is 0. The van der Waals surface area contributed by atoms with E-state index < -0.39 is 0 Å². The second kappa shape index (κ2) is 5.67. The molecule has 0 amide bonds. The van der Waals surface area contributed by atoms with Crippen molar-refractivity contribution in [2.45, 2.75) is 45.9 Å². The number of rotatable bonds is 5. The average molecular weight is 312 g/mol. The van der Waals surface area contributed by atoms with Gasteiger partial charge in [0, 0.05) is 24.6 Å². The Morgan fingerprint density at radius 3 is 2.90 bits per heavy atom. The number of ether oxygens (including phenoxy) is 3. The zero-order valence-corrected chi connectivity index (χ0v) is 13.5. The zero-order valence-electron chi connectivity index (χ0n) is 12.7. The highest BCUT2D eigenvalue weighted by Crippen LogP contribution is 2.43. The molecule has 1 N–H and O–H groups in total. The fraction of sp³-hybridized carbons (Fsp3) is 0.625. The molecule has 0 spiro atoms. The summed E-state index contributed by atoms with van der Waals surface area (Å²) in [6, 6.07) is 4.39. The summed E-state index contributed by atoms with van der Waals surface area (Å²) < 4.78 is 16.5. The lowest BCUT2D eigenvalue weighted by atomic mass is 9.64. The van der Waals surface area contributed by atoms with Gasteiger partial charge in [-0.2, -0.15) is 0 Å². The van der Waals surface area contributed by atoms with Gasteiger partial charge in [0.15, 0.2) is 11.5 Å². The van der Waals surface area contributed by atoms with Crippen LogP contribution in [0.25, 0.3) is 0 Å². The third-order valence-corrected chi connectivity index (χ3v) is 4.87. The van der Waals surface area contributed by atoms with Crippen LogP contribution in [0.1, 0.15) is 32.8 Å². The third-order valence-electron chi connectivity index (χ3n) is 4.59. The number of hydrogen-bond acceptors (Lipinski definition) is 4. The van der Waals surface area contributed by atoms with Crippen molar-refractivity contribution in [1.29, 1.82) is 0 Å². The van der Waals surface area contributed by atoms with Crippen molar-refractivity contribution >= 4 is 11.6 Å². The highest BCUT2D eigenvalue weighted by atomic mass is 35.5. The quantitative estimate of drug-likeness (QED) is 0.905. The van der Waals surface area contributed by atoms with E-state index in [2.05, 4.69) is 19.2 Å². The summed E-state index contributed by atoms with van der Waals surface area (Å²) >= 11 is 6.21. The Labute approximate surface area is 130 Å². The van der Waals surface area contributed by atoms with Crippen molar-refractivity contribution in [3.63, 3.8) is 0 Å². The van der Waals surface area contributed by atoms with E-state index in [9.17, 15) is 0 Å². The molecule has 21 heavy (non-hydrogen) atoms. The Kier molecular flexibility index (Phi) is 4.04. The smallest absolute Gasteiger partial charge is 0.231 e. The van der Waals surface area contributed by atoms with Crippen LogP contribution in [0.15, 0.2) is 12.1 Å². The van der Waals surface area contributed by atoms with Gasteiger partial charge in [-0.05, 0) is 31.0 Å². The second-order valence-corrected chi connectivity index (χ2v) is 6.65. The largest absolute Gasteiger partial charge is 0.454 e. The van der Waals surface area contributed by atoms with E-state index in [0.717, 1.165) is 30.9 Å². The fourth-order valence-electron chi connectivity index (χ4n) is 3.08. The minimum absolute atomic E-state index is 0.163. The number of hydrogen-bond donors (Lipinski definition) is 1. The molecule has 1 aliphatic heterocycles. The van der Waals surface area contributed by atoms with Gasteiger partial charge in [0.2, 0.25) is 6.79 Å². The molecule has 1 saturated carbocycles. The maximum absolute atomic E-state index is 6.21. The minimum Gasteiger partial charge on any atom is -0.454 e. The maximum Gasteiger partial charge on any atom is 0.231 e. The lowest BCUT2D eigenvalue weighted by Crippen LogP contribution is -2.60. The molecule has 2 atom stereocenters. The summed E-state index contributed by atoms with van der Waals surface area (Å²) in [5.41, 5.74) is 1.27. The van der Waals surface area contributed by atoms with Crippen LogP contribution in [0.4, 0.5) is 0 Å². The Balaban J connectivity index is 1.61. The van der Waals surface area contributed by atoms with Gasteiger partial charge in [-0.1, -0.05) is 25.4 Å². The Bertz CT molecular complexity index is 532. The number of fused-ring (bicyclic) bond motifs is 1. The molecule has 2 aliphatic rings. The first-order chi connectivity index (χ1) is 10.0. The number of benzene rings is 1. The van der Waals surface area contributed by atoms with Crippen molar-refractivity contribution < 1.29 is 14.2 Å². The molecule has 0 bridgehead atoms. The lowest BCUT2D eigenvalue weighted by Gasteiger charge is -2.52. The third kappa shape index (κ3) is 2.72. The summed E-state index contributed by atoms with van der Waals surface area (Å²) in [6.07, 6.45) is 1.40. The lowest BCUT2D eigenvalue weighted by molar-refractivity contribution is -0.114. The molecule has 1 fully saturated rings. The fourth-order valence-corrected chi connectivity index (χ4v) is 3.37. The van der Waals surface area contributed by atoms with E-state index in [4.69, 9.17) is 25.8 Å². The first-order valence-corrected chi connectivity index (χ1v) is 7.83. The van der Waals surface area contributed by atoms with Crippen LogP contribution in [-0.2, 0) is 11.3 Å². The molecular weight excluding hydrogens is 290 g/mol. The topological polar surface area (TPSA) is 39.7 Å². The zero-order chi connectivity index (χ0) is 15.0. The Morgan fingerprint density at radius 1 is 1.38 bits per heavy atom. The van der Waals surface area contributed by atoms with Gasteiger partial charge >= 0.3 is 0 Å². The molecular formula is C16H22ClNO3. The maximum atomic E-state index is 6.21. The molecule has 116 valence electrons. The molecule has 1 heterocycles. The SMILES string of the molecule is CCOC1CC(NCc2cc(Cl)c3c(c2)OCO3)C1(C)C. The van der Waals surface area contributed by atoms with Crippen LogP contribution >= 0.6 is 11.6 Å². The van der Waals surface area contributed by atoms with Crippen LogP contribution in [0.2, 0.25) is 5.02 Å². The predicted molar refractivity (Wildman–Crippen MR) is 82.0 cm³/mol. The van der Waals surface area contributed by atoms with Crippen LogP contribution < -0.4 is 14.8 Å². The normalized spacial score (nSPS) is 25.7. The van der Waals surface area contributed by atoms with Crippen LogP contribution in [0, 0.1) is 5.41 Å². The first kappa shape index (κ1) is 14.9. The molecule has 1 aromatic rings. The van der Waals surface area contributed by atoms with Crippen molar-refractivity contribution in [3.05, 3.63) is 22.7 Å². The van der Waals surface area contributed by atoms with E-state index in [1.165, 1.54) is 0 Å². The van der Waals surface area contributed by atoms with Gasteiger partial charge in [-0.3, -0.25) is 0 Å². The molecule has 0 saturated heterocycles. The van der Waals surface area contributed by atoms with E-state index in [1.54, 1.807) is 0 Å². The van der Waals surface area contributed by atoms with Gasteiger partial charge in [0.25, 0.3) is 0 Å². The van der Waals surface area contributed by atoms with Crippen LogP contribution in [0.5, 0.6) is 11.5 Å². The Hall–Kier alpha value is -0.970. The van der Waals surface area contributed by atoms with Gasteiger partial charge in [0.1, 0.15) is 0 Å². The monoisotopic (exact) mass is 311 g/mol. The van der Waals surface area contributed by atoms with Crippen molar-refractivity contribution in [2.24, 2.45) is 5.41 Å². The van der Waals surface area contributed by atoms with Crippen molar-refractivity contribution in [2.75, 3.05) is 13.4 Å².